The fourth-order valence-corrected chi connectivity index (χ4v) is 2.66. The number of amides is 2. The Morgan fingerprint density at radius 1 is 1.13 bits per heavy atom. The lowest BCUT2D eigenvalue weighted by molar-refractivity contribution is -0.896. The van der Waals surface area contributed by atoms with Crippen molar-refractivity contribution in [2.45, 2.75) is 26.8 Å². The molecule has 1 aromatic carbocycles. The van der Waals surface area contributed by atoms with E-state index >= 15 is 0 Å². The van der Waals surface area contributed by atoms with E-state index in [0.717, 1.165) is 18.7 Å². The summed E-state index contributed by atoms with van der Waals surface area (Å²) in [4.78, 5) is 27.6. The van der Waals surface area contributed by atoms with Gasteiger partial charge in [0.25, 0.3) is 11.8 Å². The molecule has 1 fully saturated rings. The van der Waals surface area contributed by atoms with Crippen molar-refractivity contribution in [3.05, 3.63) is 35.9 Å². The summed E-state index contributed by atoms with van der Waals surface area (Å²) in [5, 5.41) is 3.05. The largest absolute Gasteiger partial charge is 0.348 e. The van der Waals surface area contributed by atoms with E-state index in [-0.39, 0.29) is 17.9 Å². The van der Waals surface area contributed by atoms with Crippen LogP contribution >= 0.6 is 0 Å². The maximum absolute atomic E-state index is 12.4. The first-order valence-electron chi connectivity index (χ1n) is 8.44. The van der Waals surface area contributed by atoms with Crippen LogP contribution in [0.5, 0.6) is 0 Å². The number of hydrogen-bond acceptors (Lipinski definition) is 2. The molecule has 2 rings (SSSR count). The van der Waals surface area contributed by atoms with Crippen LogP contribution in [0.4, 0.5) is 0 Å². The molecule has 1 aromatic rings. The van der Waals surface area contributed by atoms with E-state index in [1.807, 2.05) is 42.2 Å². The number of carbonyl (C=O) groups excluding carboxylic acids is 2. The first-order chi connectivity index (χ1) is 11.0. The maximum atomic E-state index is 12.4. The zero-order valence-corrected chi connectivity index (χ0v) is 14.3. The molecule has 5 heteroatoms. The van der Waals surface area contributed by atoms with Gasteiger partial charge in [0, 0.05) is 11.6 Å². The van der Waals surface area contributed by atoms with Crippen molar-refractivity contribution in [1.82, 2.24) is 10.2 Å². The molecule has 126 valence electrons. The highest BCUT2D eigenvalue weighted by atomic mass is 16.2. The molecular formula is C18H28N3O2+. The molecule has 2 amide bonds. The van der Waals surface area contributed by atoms with Crippen LogP contribution in [0, 0.1) is 5.92 Å². The molecule has 0 saturated carbocycles. The zero-order chi connectivity index (χ0) is 16.8. The highest BCUT2D eigenvalue weighted by Gasteiger charge is 2.26. The molecular weight excluding hydrogens is 290 g/mol. The zero-order valence-electron chi connectivity index (χ0n) is 14.3. The third-order valence-electron chi connectivity index (χ3n) is 4.58. The lowest BCUT2D eigenvalue weighted by Gasteiger charge is -2.32. The molecule has 2 N–H and O–H groups in total. The highest BCUT2D eigenvalue weighted by Crippen LogP contribution is 2.04. The van der Waals surface area contributed by atoms with Crippen molar-refractivity contribution < 1.29 is 14.5 Å². The van der Waals surface area contributed by atoms with Crippen molar-refractivity contribution in [2.24, 2.45) is 5.92 Å². The van der Waals surface area contributed by atoms with Crippen molar-refractivity contribution >= 4 is 11.8 Å². The third kappa shape index (κ3) is 5.06. The summed E-state index contributed by atoms with van der Waals surface area (Å²) in [5.41, 5.74) is 0.736. The third-order valence-corrected chi connectivity index (χ3v) is 4.58. The lowest BCUT2D eigenvalue weighted by atomic mass is 10.1. The SMILES string of the molecule is CC(C)[C@@H](C)NC(=O)C[NH+]1CCN(C(=O)c2ccccc2)CC1. The topological polar surface area (TPSA) is 53.9 Å². The molecule has 0 radical (unpaired) electrons. The van der Waals surface area contributed by atoms with Crippen LogP contribution in [0.3, 0.4) is 0 Å². The first-order valence-corrected chi connectivity index (χ1v) is 8.44. The number of quaternary nitrogens is 1. The minimum absolute atomic E-state index is 0.0857. The number of benzene rings is 1. The van der Waals surface area contributed by atoms with E-state index in [2.05, 4.69) is 19.2 Å². The molecule has 1 aliphatic rings. The van der Waals surface area contributed by atoms with Crippen molar-refractivity contribution in [1.29, 1.82) is 0 Å². The number of nitrogens with zero attached hydrogens (tertiary/aromatic N) is 1. The van der Waals surface area contributed by atoms with Gasteiger partial charge in [-0.15, -0.1) is 0 Å². The van der Waals surface area contributed by atoms with Crippen molar-refractivity contribution in [3.63, 3.8) is 0 Å². The van der Waals surface area contributed by atoms with Crippen LogP contribution in [0.15, 0.2) is 30.3 Å². The average Bonchev–Trinajstić information content (AvgIpc) is 2.55. The van der Waals surface area contributed by atoms with Gasteiger partial charge >= 0.3 is 0 Å². The minimum Gasteiger partial charge on any atom is -0.348 e. The fraction of sp³-hybridized carbons (Fsp3) is 0.556. The second-order valence-corrected chi connectivity index (χ2v) is 6.69. The van der Waals surface area contributed by atoms with E-state index in [0.29, 0.717) is 25.6 Å². The predicted molar refractivity (Wildman–Crippen MR) is 90.4 cm³/mol. The van der Waals surface area contributed by atoms with E-state index in [1.165, 1.54) is 4.90 Å². The maximum Gasteiger partial charge on any atom is 0.275 e. The Morgan fingerprint density at radius 2 is 1.74 bits per heavy atom. The Kier molecular flexibility index (Phi) is 6.16. The van der Waals surface area contributed by atoms with Crippen molar-refractivity contribution in [3.8, 4) is 0 Å². The fourth-order valence-electron chi connectivity index (χ4n) is 2.66. The molecule has 1 aliphatic heterocycles. The van der Waals surface area contributed by atoms with Crippen LogP contribution in [-0.4, -0.2) is 55.5 Å². The van der Waals surface area contributed by atoms with Gasteiger partial charge in [0.15, 0.2) is 6.54 Å². The number of hydrogen-bond donors (Lipinski definition) is 2. The summed E-state index contributed by atoms with van der Waals surface area (Å²) >= 11 is 0. The molecule has 0 aliphatic carbocycles. The van der Waals surface area contributed by atoms with Crippen LogP contribution in [-0.2, 0) is 4.79 Å². The number of nitrogens with one attached hydrogen (secondary N) is 2. The Bertz CT molecular complexity index is 522. The molecule has 0 aromatic heterocycles. The average molecular weight is 318 g/mol. The van der Waals surface area contributed by atoms with E-state index in [4.69, 9.17) is 0 Å². The van der Waals surface area contributed by atoms with Gasteiger partial charge in [-0.3, -0.25) is 9.59 Å². The number of carbonyl (C=O) groups is 2. The van der Waals surface area contributed by atoms with Gasteiger partial charge in [-0.1, -0.05) is 32.0 Å². The van der Waals surface area contributed by atoms with Crippen LogP contribution in [0.25, 0.3) is 0 Å². The smallest absolute Gasteiger partial charge is 0.275 e. The van der Waals surface area contributed by atoms with Crippen LogP contribution in [0.1, 0.15) is 31.1 Å². The van der Waals surface area contributed by atoms with Gasteiger partial charge < -0.3 is 15.1 Å². The van der Waals surface area contributed by atoms with E-state index in [9.17, 15) is 9.59 Å². The monoisotopic (exact) mass is 318 g/mol. The normalized spacial score (nSPS) is 17.1. The van der Waals surface area contributed by atoms with Gasteiger partial charge in [0.1, 0.15) is 0 Å². The highest BCUT2D eigenvalue weighted by molar-refractivity contribution is 5.94. The van der Waals surface area contributed by atoms with Crippen LogP contribution in [0.2, 0.25) is 0 Å². The Labute approximate surface area is 138 Å². The second kappa shape index (κ2) is 8.11. The van der Waals surface area contributed by atoms with Gasteiger partial charge in [0.05, 0.1) is 26.2 Å². The Balaban J connectivity index is 1.78. The lowest BCUT2D eigenvalue weighted by Crippen LogP contribution is -3.15. The summed E-state index contributed by atoms with van der Waals surface area (Å²) in [6, 6.07) is 9.58. The van der Waals surface area contributed by atoms with Gasteiger partial charge in [-0.2, -0.15) is 0 Å². The quantitative estimate of drug-likeness (QED) is 0.814. The number of rotatable bonds is 5. The summed E-state index contributed by atoms with van der Waals surface area (Å²) < 4.78 is 0. The predicted octanol–water partition coefficient (Wildman–Crippen LogP) is 0.188. The summed E-state index contributed by atoms with van der Waals surface area (Å²) in [7, 11) is 0. The molecule has 1 heterocycles. The summed E-state index contributed by atoms with van der Waals surface area (Å²) in [5.74, 6) is 0.626. The van der Waals surface area contributed by atoms with Gasteiger partial charge in [-0.25, -0.2) is 0 Å². The van der Waals surface area contributed by atoms with Crippen molar-refractivity contribution in [2.75, 3.05) is 32.7 Å². The minimum atomic E-state index is 0.0857. The van der Waals surface area contributed by atoms with Gasteiger partial charge in [-0.05, 0) is 25.0 Å². The molecule has 0 unspecified atom stereocenters. The summed E-state index contributed by atoms with van der Waals surface area (Å²) in [6.07, 6.45) is 0. The molecule has 23 heavy (non-hydrogen) atoms. The van der Waals surface area contributed by atoms with Gasteiger partial charge in [0.2, 0.25) is 0 Å². The molecule has 5 nitrogen and oxygen atoms in total. The molecule has 1 atom stereocenters. The molecule has 0 bridgehead atoms. The van der Waals surface area contributed by atoms with E-state index in [1.54, 1.807) is 0 Å². The Hall–Kier alpha value is -1.88. The molecule has 0 spiro atoms. The van der Waals surface area contributed by atoms with E-state index < -0.39 is 0 Å². The number of piperazine rings is 1. The molecule has 1 saturated heterocycles. The Morgan fingerprint density at radius 3 is 2.30 bits per heavy atom. The standard InChI is InChI=1S/C18H27N3O2/c1-14(2)15(3)19-17(22)13-20-9-11-21(12-10-20)18(23)16-7-5-4-6-8-16/h4-8,14-15H,9-13H2,1-3H3,(H,19,22)/p+1/t15-/m1/s1. The summed E-state index contributed by atoms with van der Waals surface area (Å²) in [6.45, 7) is 9.78. The van der Waals surface area contributed by atoms with Crippen LogP contribution < -0.4 is 10.2 Å². The second-order valence-electron chi connectivity index (χ2n) is 6.69. The first kappa shape index (κ1) is 17.5.